The zero-order valence-electron chi connectivity index (χ0n) is 17.6. The minimum atomic E-state index is 0.0402. The Morgan fingerprint density at radius 2 is 1.62 bits per heavy atom. The highest BCUT2D eigenvalue weighted by molar-refractivity contribution is 5.73. The highest BCUT2D eigenvalue weighted by Crippen LogP contribution is 2.36. The molecule has 142 valence electrons. The molecule has 0 spiro atoms. The van der Waals surface area contributed by atoms with E-state index in [0.717, 1.165) is 30.5 Å². The van der Waals surface area contributed by atoms with Crippen LogP contribution in [-0.2, 0) is 25.9 Å². The zero-order valence-corrected chi connectivity index (χ0v) is 17.6. The quantitative estimate of drug-likeness (QED) is 0.701. The van der Waals surface area contributed by atoms with Crippen molar-refractivity contribution in [2.45, 2.75) is 74.3 Å². The van der Waals surface area contributed by atoms with Gasteiger partial charge in [0.25, 0.3) is 0 Å². The number of aryl methyl sites for hydroxylation is 2. The van der Waals surface area contributed by atoms with Crippen LogP contribution in [0.25, 0.3) is 11.1 Å². The standard InChI is InChI=1S/C24H35NO/c1-8-21-20(15-26)23(18-11-9-17(4)10-12-18)19(14-24(5,6)7)22(25-21)13-16(2)3/h9-12,16,26H,8,13-15H2,1-7H3. The highest BCUT2D eigenvalue weighted by atomic mass is 16.3. The Balaban J connectivity index is 2.82. The van der Waals surface area contributed by atoms with E-state index in [9.17, 15) is 5.11 Å². The Morgan fingerprint density at radius 1 is 1.00 bits per heavy atom. The Kier molecular flexibility index (Phi) is 6.63. The lowest BCUT2D eigenvalue weighted by atomic mass is 9.81. The van der Waals surface area contributed by atoms with Gasteiger partial charge in [-0.25, -0.2) is 0 Å². The molecule has 2 aromatic rings. The molecule has 1 N–H and O–H groups in total. The van der Waals surface area contributed by atoms with E-state index in [1.165, 1.54) is 27.9 Å². The molecule has 0 aliphatic carbocycles. The predicted molar refractivity (Wildman–Crippen MR) is 111 cm³/mol. The van der Waals surface area contributed by atoms with Gasteiger partial charge in [0.15, 0.2) is 0 Å². The topological polar surface area (TPSA) is 33.1 Å². The van der Waals surface area contributed by atoms with Crippen LogP contribution in [0.15, 0.2) is 24.3 Å². The fourth-order valence-electron chi connectivity index (χ4n) is 3.58. The summed E-state index contributed by atoms with van der Waals surface area (Å²) in [6.45, 7) is 15.6. The summed E-state index contributed by atoms with van der Waals surface area (Å²) in [6, 6.07) is 8.69. The SMILES string of the molecule is CCc1nc(CC(C)C)c(CC(C)(C)C)c(-c2ccc(C)cc2)c1CO. The largest absolute Gasteiger partial charge is 0.392 e. The van der Waals surface area contributed by atoms with Gasteiger partial charge in [0.1, 0.15) is 0 Å². The van der Waals surface area contributed by atoms with Crippen molar-refractivity contribution in [2.75, 3.05) is 0 Å². The van der Waals surface area contributed by atoms with E-state index in [-0.39, 0.29) is 12.0 Å². The molecule has 0 radical (unpaired) electrons. The van der Waals surface area contributed by atoms with Crippen molar-refractivity contribution in [3.8, 4) is 11.1 Å². The first kappa shape index (κ1) is 20.6. The average Bonchev–Trinajstić information content (AvgIpc) is 2.55. The molecule has 0 amide bonds. The van der Waals surface area contributed by atoms with Crippen LogP contribution in [0.3, 0.4) is 0 Å². The molecule has 0 saturated heterocycles. The molecular weight excluding hydrogens is 318 g/mol. The molecule has 2 nitrogen and oxygen atoms in total. The Morgan fingerprint density at radius 3 is 2.08 bits per heavy atom. The minimum Gasteiger partial charge on any atom is -0.392 e. The lowest BCUT2D eigenvalue weighted by Gasteiger charge is -2.26. The van der Waals surface area contributed by atoms with Gasteiger partial charge in [-0.15, -0.1) is 0 Å². The first-order valence-electron chi connectivity index (χ1n) is 9.87. The zero-order chi connectivity index (χ0) is 19.5. The third-order valence-corrected chi connectivity index (χ3v) is 4.71. The van der Waals surface area contributed by atoms with Gasteiger partial charge in [-0.2, -0.15) is 0 Å². The van der Waals surface area contributed by atoms with Crippen molar-refractivity contribution >= 4 is 0 Å². The summed E-state index contributed by atoms with van der Waals surface area (Å²) < 4.78 is 0. The summed E-state index contributed by atoms with van der Waals surface area (Å²) in [5.41, 5.74) is 8.39. The molecule has 26 heavy (non-hydrogen) atoms. The van der Waals surface area contributed by atoms with Crippen molar-refractivity contribution in [1.29, 1.82) is 0 Å². The molecular formula is C24H35NO. The lowest BCUT2D eigenvalue weighted by molar-refractivity contribution is 0.280. The monoisotopic (exact) mass is 353 g/mol. The van der Waals surface area contributed by atoms with Crippen molar-refractivity contribution < 1.29 is 5.11 Å². The Bertz CT molecular complexity index is 736. The summed E-state index contributed by atoms with van der Waals surface area (Å²) in [5, 5.41) is 10.2. The van der Waals surface area contributed by atoms with E-state index < -0.39 is 0 Å². The van der Waals surface area contributed by atoms with Gasteiger partial charge in [-0.1, -0.05) is 71.4 Å². The van der Waals surface area contributed by atoms with Crippen molar-refractivity contribution in [1.82, 2.24) is 4.98 Å². The maximum Gasteiger partial charge on any atom is 0.0705 e. The summed E-state index contributed by atoms with van der Waals surface area (Å²) in [6.07, 6.45) is 2.78. The Hall–Kier alpha value is -1.67. The number of aromatic nitrogens is 1. The Labute approximate surface area is 159 Å². The van der Waals surface area contributed by atoms with E-state index in [0.29, 0.717) is 5.92 Å². The smallest absolute Gasteiger partial charge is 0.0705 e. The summed E-state index contributed by atoms with van der Waals surface area (Å²) >= 11 is 0. The van der Waals surface area contributed by atoms with Crippen molar-refractivity contribution in [3.63, 3.8) is 0 Å². The third-order valence-electron chi connectivity index (χ3n) is 4.71. The van der Waals surface area contributed by atoms with Gasteiger partial charge in [-0.05, 0) is 54.2 Å². The summed E-state index contributed by atoms with van der Waals surface area (Å²) in [7, 11) is 0. The van der Waals surface area contributed by atoms with Gasteiger partial charge < -0.3 is 5.11 Å². The van der Waals surface area contributed by atoms with Crippen LogP contribution in [-0.4, -0.2) is 10.1 Å². The lowest BCUT2D eigenvalue weighted by Crippen LogP contribution is -2.17. The molecule has 0 aliphatic rings. The van der Waals surface area contributed by atoms with Crippen LogP contribution in [0, 0.1) is 18.3 Å². The number of rotatable bonds is 6. The predicted octanol–water partition coefficient (Wildman–Crippen LogP) is 5.90. The van der Waals surface area contributed by atoms with E-state index in [1.807, 2.05) is 0 Å². The molecule has 0 fully saturated rings. The fourth-order valence-corrected chi connectivity index (χ4v) is 3.58. The van der Waals surface area contributed by atoms with Crippen molar-refractivity contribution in [2.24, 2.45) is 11.3 Å². The molecule has 0 atom stereocenters. The van der Waals surface area contributed by atoms with Gasteiger partial charge in [-0.3, -0.25) is 4.98 Å². The van der Waals surface area contributed by atoms with Gasteiger partial charge in [0, 0.05) is 17.0 Å². The average molecular weight is 354 g/mol. The molecule has 1 heterocycles. The molecule has 0 unspecified atom stereocenters. The number of aliphatic hydroxyl groups is 1. The molecule has 2 heteroatoms. The first-order chi connectivity index (χ1) is 12.2. The third kappa shape index (κ3) is 4.94. The number of hydrogen-bond acceptors (Lipinski definition) is 2. The van der Waals surface area contributed by atoms with Gasteiger partial charge in [0.05, 0.1) is 6.61 Å². The van der Waals surface area contributed by atoms with E-state index in [2.05, 4.69) is 72.7 Å². The maximum atomic E-state index is 10.2. The molecule has 0 saturated carbocycles. The number of benzene rings is 1. The molecule has 2 rings (SSSR count). The van der Waals surface area contributed by atoms with Crippen LogP contribution in [0.4, 0.5) is 0 Å². The van der Waals surface area contributed by atoms with Crippen LogP contribution >= 0.6 is 0 Å². The summed E-state index contributed by atoms with van der Waals surface area (Å²) in [4.78, 5) is 5.03. The second-order valence-electron chi connectivity index (χ2n) is 9.05. The number of nitrogens with zero attached hydrogens (tertiary/aromatic N) is 1. The van der Waals surface area contributed by atoms with Gasteiger partial charge >= 0.3 is 0 Å². The number of aliphatic hydroxyl groups excluding tert-OH is 1. The van der Waals surface area contributed by atoms with Crippen LogP contribution < -0.4 is 0 Å². The highest BCUT2D eigenvalue weighted by Gasteiger charge is 2.24. The van der Waals surface area contributed by atoms with E-state index in [4.69, 9.17) is 4.98 Å². The van der Waals surface area contributed by atoms with Crippen molar-refractivity contribution in [3.05, 3.63) is 52.3 Å². The maximum absolute atomic E-state index is 10.2. The molecule has 1 aromatic heterocycles. The van der Waals surface area contributed by atoms with E-state index >= 15 is 0 Å². The van der Waals surface area contributed by atoms with Crippen LogP contribution in [0.5, 0.6) is 0 Å². The molecule has 0 aliphatic heterocycles. The first-order valence-corrected chi connectivity index (χ1v) is 9.87. The fraction of sp³-hybridized carbons (Fsp3) is 0.542. The minimum absolute atomic E-state index is 0.0402. The number of pyridine rings is 1. The second kappa shape index (κ2) is 8.35. The number of hydrogen-bond donors (Lipinski definition) is 1. The molecule has 1 aromatic carbocycles. The van der Waals surface area contributed by atoms with Crippen LogP contribution in [0.1, 0.15) is 69.6 Å². The van der Waals surface area contributed by atoms with Crippen LogP contribution in [0.2, 0.25) is 0 Å². The van der Waals surface area contributed by atoms with Gasteiger partial charge in [0.2, 0.25) is 0 Å². The normalized spacial score (nSPS) is 12.0. The second-order valence-corrected chi connectivity index (χ2v) is 9.05. The molecule has 0 bridgehead atoms. The summed E-state index contributed by atoms with van der Waals surface area (Å²) in [5.74, 6) is 0.553. The van der Waals surface area contributed by atoms with E-state index in [1.54, 1.807) is 0 Å².